The molecular weight excluding hydrogens is 376 g/mol. The first-order chi connectivity index (χ1) is 13.9. The molecule has 0 radical (unpaired) electrons. The quantitative estimate of drug-likeness (QED) is 0.608. The minimum absolute atomic E-state index is 0.0255. The molecule has 2 unspecified atom stereocenters. The third kappa shape index (κ3) is 3.44. The lowest BCUT2D eigenvalue weighted by atomic mass is 9.96. The SMILES string of the molecule is Cc1cccc(-n2c(C)cc(C3C(c4ccccn4)NC(=S)N3C(C)C)c2C)c1. The Balaban J connectivity index is 1.86. The highest BCUT2D eigenvalue weighted by molar-refractivity contribution is 7.80. The summed E-state index contributed by atoms with van der Waals surface area (Å²) in [4.78, 5) is 6.95. The van der Waals surface area contributed by atoms with Crippen LogP contribution in [0.15, 0.2) is 54.7 Å². The maximum absolute atomic E-state index is 5.74. The molecule has 29 heavy (non-hydrogen) atoms. The van der Waals surface area contributed by atoms with E-state index in [-0.39, 0.29) is 18.1 Å². The zero-order valence-corrected chi connectivity index (χ0v) is 18.5. The lowest BCUT2D eigenvalue weighted by molar-refractivity contribution is 0.269. The first kappa shape index (κ1) is 19.6. The van der Waals surface area contributed by atoms with Crippen molar-refractivity contribution in [3.05, 3.63) is 82.9 Å². The molecule has 4 rings (SSSR count). The van der Waals surface area contributed by atoms with Crippen LogP contribution in [0.25, 0.3) is 5.69 Å². The minimum atomic E-state index is 0.0255. The van der Waals surface area contributed by atoms with Gasteiger partial charge < -0.3 is 14.8 Å². The van der Waals surface area contributed by atoms with Gasteiger partial charge in [-0.3, -0.25) is 4.98 Å². The molecule has 1 aliphatic rings. The maximum atomic E-state index is 5.74. The molecule has 3 heterocycles. The number of nitrogens with one attached hydrogen (secondary N) is 1. The van der Waals surface area contributed by atoms with E-state index >= 15 is 0 Å². The van der Waals surface area contributed by atoms with Crippen LogP contribution >= 0.6 is 12.2 Å². The largest absolute Gasteiger partial charge is 0.352 e. The summed E-state index contributed by atoms with van der Waals surface area (Å²) in [7, 11) is 0. The summed E-state index contributed by atoms with van der Waals surface area (Å²) in [6, 6.07) is 17.5. The second kappa shape index (κ2) is 7.64. The Hall–Kier alpha value is -2.66. The zero-order valence-electron chi connectivity index (χ0n) is 17.7. The van der Waals surface area contributed by atoms with Crippen molar-refractivity contribution in [3.63, 3.8) is 0 Å². The van der Waals surface area contributed by atoms with Crippen LogP contribution in [0.2, 0.25) is 0 Å². The molecule has 0 bridgehead atoms. The summed E-state index contributed by atoms with van der Waals surface area (Å²) in [6.07, 6.45) is 1.85. The average molecular weight is 405 g/mol. The van der Waals surface area contributed by atoms with Crippen LogP contribution < -0.4 is 5.32 Å². The molecule has 5 heteroatoms. The highest BCUT2D eigenvalue weighted by Gasteiger charge is 2.42. The van der Waals surface area contributed by atoms with Gasteiger partial charge in [0.15, 0.2) is 5.11 Å². The number of aromatic nitrogens is 2. The van der Waals surface area contributed by atoms with Gasteiger partial charge in [-0.05, 0) is 88.3 Å². The maximum Gasteiger partial charge on any atom is 0.170 e. The minimum Gasteiger partial charge on any atom is -0.352 e. The molecule has 0 spiro atoms. The van der Waals surface area contributed by atoms with Gasteiger partial charge in [-0.1, -0.05) is 18.2 Å². The third-order valence-electron chi connectivity index (χ3n) is 5.74. The van der Waals surface area contributed by atoms with Crippen molar-refractivity contribution in [1.82, 2.24) is 19.8 Å². The van der Waals surface area contributed by atoms with Gasteiger partial charge in [0.2, 0.25) is 0 Å². The van der Waals surface area contributed by atoms with Gasteiger partial charge in [0.1, 0.15) is 0 Å². The smallest absolute Gasteiger partial charge is 0.170 e. The topological polar surface area (TPSA) is 33.1 Å². The summed E-state index contributed by atoms with van der Waals surface area (Å²) in [5.74, 6) is 0. The van der Waals surface area contributed by atoms with Gasteiger partial charge in [0.05, 0.1) is 17.8 Å². The number of pyridine rings is 1. The molecule has 1 saturated heterocycles. The Labute approximate surface area is 178 Å². The fourth-order valence-corrected chi connectivity index (χ4v) is 4.96. The van der Waals surface area contributed by atoms with Crippen molar-refractivity contribution in [2.75, 3.05) is 0 Å². The molecule has 1 aliphatic heterocycles. The van der Waals surface area contributed by atoms with Crippen molar-refractivity contribution in [1.29, 1.82) is 0 Å². The van der Waals surface area contributed by atoms with Gasteiger partial charge in [0, 0.05) is 29.3 Å². The lowest BCUT2D eigenvalue weighted by Gasteiger charge is -2.31. The van der Waals surface area contributed by atoms with Crippen LogP contribution in [0.3, 0.4) is 0 Å². The van der Waals surface area contributed by atoms with Crippen molar-refractivity contribution in [3.8, 4) is 5.69 Å². The summed E-state index contributed by atoms with van der Waals surface area (Å²) >= 11 is 5.74. The Morgan fingerprint density at radius 2 is 1.83 bits per heavy atom. The van der Waals surface area contributed by atoms with Gasteiger partial charge in [-0.15, -0.1) is 0 Å². The van der Waals surface area contributed by atoms with E-state index in [1.54, 1.807) is 0 Å². The first-order valence-electron chi connectivity index (χ1n) is 10.1. The van der Waals surface area contributed by atoms with Crippen molar-refractivity contribution < 1.29 is 0 Å². The fraction of sp³-hybridized carbons (Fsp3) is 0.333. The first-order valence-corrected chi connectivity index (χ1v) is 10.5. The summed E-state index contributed by atoms with van der Waals surface area (Å²) < 4.78 is 2.34. The molecule has 2 aromatic heterocycles. The molecule has 2 atom stereocenters. The third-order valence-corrected chi connectivity index (χ3v) is 6.07. The number of nitrogens with zero attached hydrogens (tertiary/aromatic N) is 3. The van der Waals surface area contributed by atoms with E-state index in [1.165, 1.54) is 28.2 Å². The van der Waals surface area contributed by atoms with E-state index in [1.807, 2.05) is 18.3 Å². The zero-order chi connectivity index (χ0) is 20.7. The van der Waals surface area contributed by atoms with Crippen molar-refractivity contribution >= 4 is 17.3 Å². The van der Waals surface area contributed by atoms with E-state index in [2.05, 4.69) is 90.8 Å². The van der Waals surface area contributed by atoms with Crippen LogP contribution in [0.4, 0.5) is 0 Å². The van der Waals surface area contributed by atoms with Crippen LogP contribution in [-0.4, -0.2) is 25.6 Å². The average Bonchev–Trinajstić information content (AvgIpc) is 3.18. The molecular formula is C24H28N4S. The highest BCUT2D eigenvalue weighted by Crippen LogP contribution is 2.42. The Kier molecular flexibility index (Phi) is 5.17. The predicted molar refractivity (Wildman–Crippen MR) is 122 cm³/mol. The summed E-state index contributed by atoms with van der Waals surface area (Å²) in [5, 5.41) is 4.33. The summed E-state index contributed by atoms with van der Waals surface area (Å²) in [5.41, 5.74) is 7.24. The van der Waals surface area contributed by atoms with Gasteiger partial charge >= 0.3 is 0 Å². The molecule has 4 nitrogen and oxygen atoms in total. The Morgan fingerprint density at radius 3 is 2.48 bits per heavy atom. The van der Waals surface area contributed by atoms with Crippen molar-refractivity contribution in [2.24, 2.45) is 0 Å². The van der Waals surface area contributed by atoms with Crippen LogP contribution in [-0.2, 0) is 0 Å². The van der Waals surface area contributed by atoms with E-state index in [4.69, 9.17) is 12.2 Å². The van der Waals surface area contributed by atoms with E-state index in [9.17, 15) is 0 Å². The molecule has 150 valence electrons. The van der Waals surface area contributed by atoms with E-state index < -0.39 is 0 Å². The monoisotopic (exact) mass is 404 g/mol. The second-order valence-corrected chi connectivity index (χ2v) is 8.52. The highest BCUT2D eigenvalue weighted by atomic mass is 32.1. The second-order valence-electron chi connectivity index (χ2n) is 8.13. The predicted octanol–water partition coefficient (Wildman–Crippen LogP) is 5.18. The van der Waals surface area contributed by atoms with Crippen LogP contribution in [0.1, 0.15) is 54.1 Å². The Morgan fingerprint density at radius 1 is 1.03 bits per heavy atom. The number of benzene rings is 1. The number of thiocarbonyl (C=S) groups is 1. The van der Waals surface area contributed by atoms with E-state index in [0.29, 0.717) is 0 Å². The van der Waals surface area contributed by atoms with Crippen molar-refractivity contribution in [2.45, 2.75) is 52.7 Å². The standard InChI is InChI=1S/C24H28N4S/c1-15(2)27-23(22(26-24(27)29)21-11-6-7-12-25-21)20-14-17(4)28(18(20)5)19-10-8-9-16(3)13-19/h6-15,22-23H,1-5H3,(H,26,29). The number of hydrogen-bond acceptors (Lipinski definition) is 2. The van der Waals surface area contributed by atoms with Gasteiger partial charge in [-0.2, -0.15) is 0 Å². The molecule has 0 amide bonds. The molecule has 1 fully saturated rings. The molecule has 1 N–H and O–H groups in total. The van der Waals surface area contributed by atoms with Crippen LogP contribution in [0.5, 0.6) is 0 Å². The van der Waals surface area contributed by atoms with Gasteiger partial charge in [-0.25, -0.2) is 0 Å². The Bertz CT molecular complexity index is 1040. The normalized spacial score (nSPS) is 19.1. The lowest BCUT2D eigenvalue weighted by Crippen LogP contribution is -2.35. The van der Waals surface area contributed by atoms with Gasteiger partial charge in [0.25, 0.3) is 0 Å². The number of hydrogen-bond donors (Lipinski definition) is 1. The fourth-order valence-electron chi connectivity index (χ4n) is 4.51. The van der Waals surface area contributed by atoms with Crippen LogP contribution in [0, 0.1) is 20.8 Å². The van der Waals surface area contributed by atoms with E-state index in [0.717, 1.165) is 10.8 Å². The molecule has 0 saturated carbocycles. The molecule has 0 aliphatic carbocycles. The molecule has 3 aromatic rings. The number of rotatable bonds is 4. The summed E-state index contributed by atoms with van der Waals surface area (Å²) in [6.45, 7) is 10.9. The number of aryl methyl sites for hydroxylation is 2. The molecule has 1 aromatic carbocycles.